The summed E-state index contributed by atoms with van der Waals surface area (Å²) >= 11 is 5.75. The fraction of sp³-hybridized carbons (Fsp3) is 0.462. The number of carbonyl (C=O) groups is 1. The zero-order chi connectivity index (χ0) is 14.8. The van der Waals surface area contributed by atoms with E-state index in [1.165, 1.54) is 10.9 Å². The van der Waals surface area contributed by atoms with Crippen molar-refractivity contribution in [3.05, 3.63) is 36.1 Å². The third kappa shape index (κ3) is 3.08. The molecular formula is C13H16ClN5O2. The molecule has 112 valence electrons. The molecular weight excluding hydrogens is 294 g/mol. The second kappa shape index (κ2) is 5.87. The lowest BCUT2D eigenvalue weighted by atomic mass is 10.1. The molecule has 0 spiro atoms. The van der Waals surface area contributed by atoms with Crippen molar-refractivity contribution in [1.82, 2.24) is 24.6 Å². The quantitative estimate of drug-likeness (QED) is 0.867. The summed E-state index contributed by atoms with van der Waals surface area (Å²) in [6.45, 7) is 0.0890. The van der Waals surface area contributed by atoms with Crippen molar-refractivity contribution in [2.75, 3.05) is 0 Å². The van der Waals surface area contributed by atoms with Gasteiger partial charge in [0.15, 0.2) is 0 Å². The second-order valence-electron chi connectivity index (χ2n) is 5.18. The summed E-state index contributed by atoms with van der Waals surface area (Å²) in [6, 6.07) is -0.298. The van der Waals surface area contributed by atoms with Gasteiger partial charge in [0.2, 0.25) is 5.91 Å². The van der Waals surface area contributed by atoms with Gasteiger partial charge in [-0.15, -0.1) is 0 Å². The Bertz CT molecular complexity index is 612. The van der Waals surface area contributed by atoms with E-state index in [2.05, 4.69) is 15.4 Å². The predicted molar refractivity (Wildman–Crippen MR) is 75.7 cm³/mol. The standard InChI is InChI=1S/C13H16ClN5O2/c14-9-5-16-19(6-9)7-12(20)17-10-1-2-11(13(10)21)18-4-3-15-8-18/h3-6,8,10-11,13,21H,1-2,7H2,(H,17,20)/t10-,11-,13-/m1/s1. The Labute approximate surface area is 126 Å². The van der Waals surface area contributed by atoms with Crippen LogP contribution in [0.4, 0.5) is 0 Å². The van der Waals surface area contributed by atoms with Gasteiger partial charge >= 0.3 is 0 Å². The summed E-state index contributed by atoms with van der Waals surface area (Å²) in [5.41, 5.74) is 0. The van der Waals surface area contributed by atoms with Gasteiger partial charge in [0.05, 0.1) is 35.7 Å². The van der Waals surface area contributed by atoms with Crippen LogP contribution in [0.3, 0.4) is 0 Å². The molecule has 1 aliphatic carbocycles. The number of aromatic nitrogens is 4. The van der Waals surface area contributed by atoms with Crippen molar-refractivity contribution in [2.24, 2.45) is 0 Å². The average molecular weight is 310 g/mol. The lowest BCUT2D eigenvalue weighted by Gasteiger charge is -2.21. The minimum atomic E-state index is -0.621. The molecule has 2 N–H and O–H groups in total. The molecule has 1 fully saturated rings. The number of imidazole rings is 1. The van der Waals surface area contributed by atoms with Gasteiger partial charge in [-0.2, -0.15) is 5.10 Å². The normalized spacial score (nSPS) is 25.1. The van der Waals surface area contributed by atoms with Crippen molar-refractivity contribution in [2.45, 2.75) is 37.6 Å². The Morgan fingerprint density at radius 2 is 2.38 bits per heavy atom. The largest absolute Gasteiger partial charge is 0.389 e. The van der Waals surface area contributed by atoms with Gasteiger partial charge in [0, 0.05) is 18.6 Å². The first-order valence-corrected chi connectivity index (χ1v) is 7.14. The average Bonchev–Trinajstić information content (AvgIpc) is 3.14. The van der Waals surface area contributed by atoms with E-state index in [9.17, 15) is 9.90 Å². The smallest absolute Gasteiger partial charge is 0.242 e. The summed E-state index contributed by atoms with van der Waals surface area (Å²) < 4.78 is 3.34. The highest BCUT2D eigenvalue weighted by molar-refractivity contribution is 6.30. The zero-order valence-corrected chi connectivity index (χ0v) is 12.0. The predicted octanol–water partition coefficient (Wildman–Crippen LogP) is 0.614. The van der Waals surface area contributed by atoms with Crippen LogP contribution in [0.1, 0.15) is 18.9 Å². The van der Waals surface area contributed by atoms with Crippen LogP contribution in [0.25, 0.3) is 0 Å². The molecule has 2 aromatic rings. The molecule has 8 heteroatoms. The van der Waals surface area contributed by atoms with E-state index in [0.29, 0.717) is 5.02 Å². The van der Waals surface area contributed by atoms with E-state index >= 15 is 0 Å². The summed E-state index contributed by atoms with van der Waals surface area (Å²) in [7, 11) is 0. The maximum Gasteiger partial charge on any atom is 0.242 e. The third-order valence-corrected chi connectivity index (χ3v) is 3.94. The van der Waals surface area contributed by atoms with Crippen LogP contribution >= 0.6 is 11.6 Å². The van der Waals surface area contributed by atoms with Crippen molar-refractivity contribution >= 4 is 17.5 Å². The minimum absolute atomic E-state index is 0.0445. The Kier molecular flexibility index (Phi) is 3.94. The van der Waals surface area contributed by atoms with Crippen molar-refractivity contribution in [3.63, 3.8) is 0 Å². The van der Waals surface area contributed by atoms with Crippen LogP contribution < -0.4 is 5.32 Å². The number of hydrogen-bond acceptors (Lipinski definition) is 4. The number of aliphatic hydroxyl groups excluding tert-OH is 1. The molecule has 0 bridgehead atoms. The molecule has 1 amide bonds. The number of rotatable bonds is 4. The number of nitrogens with zero attached hydrogens (tertiary/aromatic N) is 4. The van der Waals surface area contributed by atoms with Crippen LogP contribution in [-0.2, 0) is 11.3 Å². The Morgan fingerprint density at radius 3 is 3.05 bits per heavy atom. The number of nitrogens with one attached hydrogen (secondary N) is 1. The first kappa shape index (κ1) is 14.1. The molecule has 21 heavy (non-hydrogen) atoms. The fourth-order valence-corrected chi connectivity index (χ4v) is 2.89. The summed E-state index contributed by atoms with van der Waals surface area (Å²) in [6.07, 6.45) is 9.17. The summed E-state index contributed by atoms with van der Waals surface area (Å²) in [4.78, 5) is 16.0. The zero-order valence-electron chi connectivity index (χ0n) is 11.3. The van der Waals surface area contributed by atoms with E-state index in [4.69, 9.17) is 11.6 Å². The fourth-order valence-electron chi connectivity index (χ4n) is 2.73. The molecule has 0 aromatic carbocycles. The molecule has 1 aliphatic rings. The maximum atomic E-state index is 12.0. The van der Waals surface area contributed by atoms with Crippen molar-refractivity contribution in [1.29, 1.82) is 0 Å². The number of amides is 1. The van der Waals surface area contributed by atoms with Crippen LogP contribution in [0.2, 0.25) is 5.02 Å². The van der Waals surface area contributed by atoms with Gasteiger partial charge < -0.3 is 15.0 Å². The van der Waals surface area contributed by atoms with Gasteiger partial charge in [0.25, 0.3) is 0 Å². The summed E-state index contributed by atoms with van der Waals surface area (Å²) in [5.74, 6) is -0.190. The van der Waals surface area contributed by atoms with Gasteiger partial charge in [-0.3, -0.25) is 9.48 Å². The first-order valence-electron chi connectivity index (χ1n) is 6.76. The summed E-state index contributed by atoms with van der Waals surface area (Å²) in [5, 5.41) is 17.6. The van der Waals surface area contributed by atoms with Gasteiger partial charge in [0.1, 0.15) is 6.54 Å². The van der Waals surface area contributed by atoms with Crippen LogP contribution in [0, 0.1) is 0 Å². The van der Waals surface area contributed by atoms with E-state index in [1.807, 2.05) is 10.8 Å². The van der Waals surface area contributed by atoms with Crippen LogP contribution in [0.5, 0.6) is 0 Å². The first-order chi connectivity index (χ1) is 10.1. The lowest BCUT2D eigenvalue weighted by Crippen LogP contribution is -2.43. The highest BCUT2D eigenvalue weighted by atomic mass is 35.5. The molecule has 2 aromatic heterocycles. The monoisotopic (exact) mass is 309 g/mol. The van der Waals surface area contributed by atoms with Crippen LogP contribution in [0.15, 0.2) is 31.1 Å². The number of halogens is 1. The van der Waals surface area contributed by atoms with Crippen molar-refractivity contribution < 1.29 is 9.90 Å². The lowest BCUT2D eigenvalue weighted by molar-refractivity contribution is -0.123. The van der Waals surface area contributed by atoms with Gasteiger partial charge in [-0.25, -0.2) is 4.98 Å². The molecule has 0 saturated heterocycles. The third-order valence-electron chi connectivity index (χ3n) is 3.74. The maximum absolute atomic E-state index is 12.0. The Morgan fingerprint density at radius 1 is 1.52 bits per heavy atom. The van der Waals surface area contributed by atoms with Gasteiger partial charge in [-0.1, -0.05) is 11.6 Å². The van der Waals surface area contributed by atoms with E-state index in [0.717, 1.165) is 12.8 Å². The van der Waals surface area contributed by atoms with E-state index in [-0.39, 0.29) is 24.5 Å². The highest BCUT2D eigenvalue weighted by Gasteiger charge is 2.36. The molecule has 1 saturated carbocycles. The SMILES string of the molecule is O=C(Cn1cc(Cl)cn1)N[C@@H]1CC[C@@H](n2ccnc2)[C@@H]1O. The number of hydrogen-bond donors (Lipinski definition) is 2. The van der Waals surface area contributed by atoms with E-state index < -0.39 is 6.10 Å². The van der Waals surface area contributed by atoms with E-state index in [1.54, 1.807) is 18.7 Å². The second-order valence-corrected chi connectivity index (χ2v) is 5.61. The Balaban J connectivity index is 1.57. The molecule has 3 rings (SSSR count). The highest BCUT2D eigenvalue weighted by Crippen LogP contribution is 2.30. The minimum Gasteiger partial charge on any atom is -0.389 e. The topological polar surface area (TPSA) is 85.0 Å². The molecule has 0 unspecified atom stereocenters. The molecule has 3 atom stereocenters. The van der Waals surface area contributed by atoms with Crippen LogP contribution in [-0.4, -0.2) is 42.5 Å². The number of aliphatic hydroxyl groups is 1. The van der Waals surface area contributed by atoms with Gasteiger partial charge in [-0.05, 0) is 12.8 Å². The Hall–Kier alpha value is -1.86. The molecule has 0 radical (unpaired) electrons. The molecule has 2 heterocycles. The molecule has 7 nitrogen and oxygen atoms in total. The number of carbonyl (C=O) groups excluding carboxylic acids is 1. The van der Waals surface area contributed by atoms with Crippen molar-refractivity contribution in [3.8, 4) is 0 Å². The molecule has 0 aliphatic heterocycles.